The summed E-state index contributed by atoms with van der Waals surface area (Å²) in [5, 5.41) is 12.7. The van der Waals surface area contributed by atoms with E-state index < -0.39 is 0 Å². The zero-order valence-electron chi connectivity index (χ0n) is 11.7. The number of hydrogen-bond acceptors (Lipinski definition) is 5. The molecule has 1 saturated carbocycles. The fraction of sp³-hybridized carbons (Fsp3) is 0.571. The molecule has 0 radical (unpaired) electrons. The van der Waals surface area contributed by atoms with Gasteiger partial charge in [0.05, 0.1) is 33.5 Å². The Bertz CT molecular complexity index is 418. The van der Waals surface area contributed by atoms with E-state index in [0.29, 0.717) is 12.3 Å². The maximum absolute atomic E-state index is 9.32. The molecule has 0 amide bonds. The number of aliphatic hydroxyl groups is 1. The van der Waals surface area contributed by atoms with Gasteiger partial charge < -0.3 is 24.6 Å². The van der Waals surface area contributed by atoms with Crippen LogP contribution in [0.1, 0.15) is 18.4 Å². The lowest BCUT2D eigenvalue weighted by Crippen LogP contribution is -2.34. The van der Waals surface area contributed by atoms with Crippen molar-refractivity contribution in [3.63, 3.8) is 0 Å². The van der Waals surface area contributed by atoms with Crippen molar-refractivity contribution in [2.45, 2.75) is 24.9 Å². The highest BCUT2D eigenvalue weighted by molar-refractivity contribution is 5.50. The van der Waals surface area contributed by atoms with Crippen molar-refractivity contribution in [2.24, 2.45) is 0 Å². The summed E-state index contributed by atoms with van der Waals surface area (Å²) in [6, 6.07) is 3.66. The lowest BCUT2D eigenvalue weighted by molar-refractivity contribution is 0.228. The Morgan fingerprint density at radius 3 is 2.05 bits per heavy atom. The van der Waals surface area contributed by atoms with Crippen LogP contribution in [0.5, 0.6) is 17.2 Å². The van der Waals surface area contributed by atoms with Crippen LogP contribution in [0.2, 0.25) is 0 Å². The molecule has 0 unspecified atom stereocenters. The average Bonchev–Trinajstić information content (AvgIpc) is 3.24. The maximum atomic E-state index is 9.32. The Morgan fingerprint density at radius 2 is 1.68 bits per heavy atom. The fourth-order valence-electron chi connectivity index (χ4n) is 2.07. The number of hydrogen-bond donors (Lipinski definition) is 2. The molecule has 0 aliphatic heterocycles. The summed E-state index contributed by atoms with van der Waals surface area (Å²) in [4.78, 5) is 0. The molecule has 1 aliphatic rings. The largest absolute Gasteiger partial charge is 0.496 e. The van der Waals surface area contributed by atoms with E-state index >= 15 is 0 Å². The maximum Gasteiger partial charge on any atom is 0.130 e. The molecule has 0 spiro atoms. The molecular weight excluding hydrogens is 246 g/mol. The molecule has 5 nitrogen and oxygen atoms in total. The molecule has 0 aromatic heterocycles. The van der Waals surface area contributed by atoms with E-state index in [2.05, 4.69) is 5.32 Å². The van der Waals surface area contributed by atoms with Gasteiger partial charge in [0.1, 0.15) is 17.2 Å². The first-order chi connectivity index (χ1) is 9.18. The SMILES string of the molecule is COc1cc(OC)c(CNC2(CO)CC2)c(OC)c1. The third-order valence-corrected chi connectivity index (χ3v) is 3.61. The lowest BCUT2D eigenvalue weighted by atomic mass is 10.1. The van der Waals surface area contributed by atoms with Gasteiger partial charge in [0.15, 0.2) is 0 Å². The molecule has 1 aromatic carbocycles. The molecular formula is C14H21NO4. The van der Waals surface area contributed by atoms with Crippen LogP contribution in [0.3, 0.4) is 0 Å². The van der Waals surface area contributed by atoms with Gasteiger partial charge in [-0.25, -0.2) is 0 Å². The van der Waals surface area contributed by atoms with Gasteiger partial charge >= 0.3 is 0 Å². The van der Waals surface area contributed by atoms with Gasteiger partial charge in [-0.1, -0.05) is 0 Å². The van der Waals surface area contributed by atoms with Gasteiger partial charge in [0.2, 0.25) is 0 Å². The van der Waals surface area contributed by atoms with Crippen LogP contribution in [0.25, 0.3) is 0 Å². The van der Waals surface area contributed by atoms with E-state index in [0.717, 1.165) is 29.9 Å². The highest BCUT2D eigenvalue weighted by atomic mass is 16.5. The molecule has 1 aliphatic carbocycles. The normalized spacial score (nSPS) is 16.0. The summed E-state index contributed by atoms with van der Waals surface area (Å²) in [7, 11) is 4.85. The van der Waals surface area contributed by atoms with Gasteiger partial charge in [0, 0.05) is 24.2 Å². The van der Waals surface area contributed by atoms with Gasteiger partial charge in [0.25, 0.3) is 0 Å². The van der Waals surface area contributed by atoms with Crippen LogP contribution in [-0.2, 0) is 6.54 Å². The first kappa shape index (κ1) is 14.0. The van der Waals surface area contributed by atoms with E-state index in [1.54, 1.807) is 21.3 Å². The molecule has 19 heavy (non-hydrogen) atoms. The summed E-state index contributed by atoms with van der Waals surface area (Å²) in [5.41, 5.74) is 0.821. The van der Waals surface area contributed by atoms with Crippen LogP contribution in [0.15, 0.2) is 12.1 Å². The van der Waals surface area contributed by atoms with Gasteiger partial charge in [-0.15, -0.1) is 0 Å². The van der Waals surface area contributed by atoms with Crippen LogP contribution in [0, 0.1) is 0 Å². The minimum absolute atomic E-state index is 0.115. The van der Waals surface area contributed by atoms with E-state index in [9.17, 15) is 5.11 Å². The monoisotopic (exact) mass is 267 g/mol. The zero-order chi connectivity index (χ0) is 13.9. The van der Waals surface area contributed by atoms with Crippen molar-refractivity contribution >= 4 is 0 Å². The zero-order valence-corrected chi connectivity index (χ0v) is 11.7. The minimum Gasteiger partial charge on any atom is -0.496 e. The van der Waals surface area contributed by atoms with E-state index in [-0.39, 0.29) is 12.1 Å². The molecule has 0 bridgehead atoms. The summed E-state index contributed by atoms with van der Waals surface area (Å²) in [5.74, 6) is 2.13. The standard InChI is InChI=1S/C14H21NO4/c1-17-10-6-12(18-2)11(13(7-10)19-3)8-15-14(9-16)4-5-14/h6-7,15-16H,4-5,8-9H2,1-3H3. The van der Waals surface area contributed by atoms with Crippen LogP contribution < -0.4 is 19.5 Å². The van der Waals surface area contributed by atoms with Crippen molar-refractivity contribution in [1.82, 2.24) is 5.32 Å². The molecule has 5 heteroatoms. The summed E-state index contributed by atoms with van der Waals surface area (Å²) >= 11 is 0. The Labute approximate surface area is 113 Å². The van der Waals surface area contributed by atoms with E-state index in [1.165, 1.54) is 0 Å². The Kier molecular flexibility index (Phi) is 4.17. The molecule has 1 fully saturated rings. The predicted octanol–water partition coefficient (Wildman–Crippen LogP) is 1.33. The number of rotatable bonds is 7. The van der Waals surface area contributed by atoms with Crippen molar-refractivity contribution in [3.8, 4) is 17.2 Å². The lowest BCUT2D eigenvalue weighted by Gasteiger charge is -2.19. The molecule has 1 aromatic rings. The van der Waals surface area contributed by atoms with E-state index in [4.69, 9.17) is 14.2 Å². The number of benzene rings is 1. The van der Waals surface area contributed by atoms with Crippen molar-refractivity contribution in [3.05, 3.63) is 17.7 Å². The van der Waals surface area contributed by atoms with E-state index in [1.807, 2.05) is 12.1 Å². The number of ether oxygens (including phenoxy) is 3. The van der Waals surface area contributed by atoms with Gasteiger partial charge in [-0.3, -0.25) is 0 Å². The quantitative estimate of drug-likeness (QED) is 0.780. The average molecular weight is 267 g/mol. The second kappa shape index (κ2) is 5.67. The summed E-state index contributed by atoms with van der Waals surface area (Å²) < 4.78 is 16.0. The summed E-state index contributed by atoms with van der Waals surface area (Å²) in [6.07, 6.45) is 2.01. The predicted molar refractivity (Wildman–Crippen MR) is 72.0 cm³/mol. The van der Waals surface area contributed by atoms with Crippen molar-refractivity contribution in [1.29, 1.82) is 0 Å². The van der Waals surface area contributed by atoms with Crippen LogP contribution in [0.4, 0.5) is 0 Å². The highest BCUT2D eigenvalue weighted by Gasteiger charge is 2.41. The smallest absolute Gasteiger partial charge is 0.130 e. The van der Waals surface area contributed by atoms with Crippen molar-refractivity contribution in [2.75, 3.05) is 27.9 Å². The van der Waals surface area contributed by atoms with Gasteiger partial charge in [-0.05, 0) is 12.8 Å². The van der Waals surface area contributed by atoms with Crippen molar-refractivity contribution < 1.29 is 19.3 Å². The first-order valence-electron chi connectivity index (χ1n) is 6.33. The third-order valence-electron chi connectivity index (χ3n) is 3.61. The minimum atomic E-state index is -0.115. The van der Waals surface area contributed by atoms with Crippen LogP contribution in [-0.4, -0.2) is 38.6 Å². The Balaban J connectivity index is 2.21. The van der Waals surface area contributed by atoms with Gasteiger partial charge in [-0.2, -0.15) is 0 Å². The second-order valence-electron chi connectivity index (χ2n) is 4.80. The molecule has 2 rings (SSSR count). The highest BCUT2D eigenvalue weighted by Crippen LogP contribution is 2.38. The Hall–Kier alpha value is -1.46. The second-order valence-corrected chi connectivity index (χ2v) is 4.80. The molecule has 2 N–H and O–H groups in total. The molecule has 0 saturated heterocycles. The number of methoxy groups -OCH3 is 3. The molecule has 0 atom stereocenters. The number of aliphatic hydroxyl groups excluding tert-OH is 1. The molecule has 0 heterocycles. The van der Waals surface area contributed by atoms with Crippen LogP contribution >= 0.6 is 0 Å². The molecule has 106 valence electrons. The first-order valence-corrected chi connectivity index (χ1v) is 6.33. The fourth-order valence-corrected chi connectivity index (χ4v) is 2.07. The number of nitrogens with one attached hydrogen (secondary N) is 1. The summed E-state index contributed by atoms with van der Waals surface area (Å²) in [6.45, 7) is 0.755. The Morgan fingerprint density at radius 1 is 1.11 bits per heavy atom. The third kappa shape index (κ3) is 2.93. The topological polar surface area (TPSA) is 60.0 Å².